The van der Waals surface area contributed by atoms with Crippen molar-refractivity contribution in [2.75, 3.05) is 19.6 Å². The second kappa shape index (κ2) is 5.33. The van der Waals surface area contributed by atoms with Gasteiger partial charge in [0.1, 0.15) is 0 Å². The molecule has 1 fully saturated rings. The summed E-state index contributed by atoms with van der Waals surface area (Å²) in [5.74, 6) is 2.34. The number of hydrogen-bond acceptors (Lipinski definition) is 3. The van der Waals surface area contributed by atoms with Gasteiger partial charge in [-0.3, -0.25) is 9.69 Å². The van der Waals surface area contributed by atoms with Crippen molar-refractivity contribution in [1.29, 1.82) is 0 Å². The van der Waals surface area contributed by atoms with Gasteiger partial charge in [0.05, 0.1) is 12.1 Å². The molecule has 1 heterocycles. The van der Waals surface area contributed by atoms with E-state index in [1.807, 2.05) is 13.8 Å². The average Bonchev–Trinajstić information content (AvgIpc) is 2.21. The largest absolute Gasteiger partial charge is 0.368 e. The molecule has 0 unspecified atom stereocenters. The van der Waals surface area contributed by atoms with E-state index >= 15 is 0 Å². The minimum absolute atomic E-state index is 0.307. The van der Waals surface area contributed by atoms with E-state index in [0.29, 0.717) is 12.6 Å². The minimum atomic E-state index is -0.626. The van der Waals surface area contributed by atoms with Crippen LogP contribution < -0.4 is 11.1 Å². The van der Waals surface area contributed by atoms with E-state index in [0.717, 1.165) is 25.9 Å². The number of hydrogen-bond donors (Lipinski definition) is 2. The lowest BCUT2D eigenvalue weighted by Crippen LogP contribution is -2.56. The van der Waals surface area contributed by atoms with E-state index in [-0.39, 0.29) is 5.91 Å². The zero-order valence-electron chi connectivity index (χ0n) is 10.1. The van der Waals surface area contributed by atoms with Crippen molar-refractivity contribution in [3.8, 4) is 12.3 Å². The first kappa shape index (κ1) is 13.0. The zero-order valence-corrected chi connectivity index (χ0v) is 10.1. The lowest BCUT2D eigenvalue weighted by atomic mass is 9.98. The number of primary amides is 1. The molecule has 0 aromatic carbocycles. The molecule has 0 radical (unpaired) electrons. The molecular weight excluding hydrogens is 202 g/mol. The maximum Gasteiger partial charge on any atom is 0.237 e. The molecule has 0 aromatic heterocycles. The summed E-state index contributed by atoms with van der Waals surface area (Å²) in [4.78, 5) is 13.4. The van der Waals surface area contributed by atoms with Gasteiger partial charge in [-0.05, 0) is 26.7 Å². The van der Waals surface area contributed by atoms with Crippen LogP contribution in [0, 0.1) is 12.3 Å². The Labute approximate surface area is 97.6 Å². The van der Waals surface area contributed by atoms with Crippen molar-refractivity contribution in [2.24, 2.45) is 5.73 Å². The first-order chi connectivity index (χ1) is 7.45. The van der Waals surface area contributed by atoms with Gasteiger partial charge in [0.25, 0.3) is 0 Å². The van der Waals surface area contributed by atoms with Gasteiger partial charge >= 0.3 is 0 Å². The number of piperidine rings is 1. The lowest BCUT2D eigenvalue weighted by molar-refractivity contribution is -0.123. The predicted octanol–water partition coefficient (Wildman–Crippen LogP) is -0.0625. The highest BCUT2D eigenvalue weighted by Gasteiger charge is 2.29. The van der Waals surface area contributed by atoms with Gasteiger partial charge in [-0.15, -0.1) is 6.42 Å². The third-order valence-electron chi connectivity index (χ3n) is 3.08. The van der Waals surface area contributed by atoms with Crippen LogP contribution in [-0.2, 0) is 4.79 Å². The molecule has 1 rings (SSSR count). The fourth-order valence-electron chi connectivity index (χ4n) is 1.95. The van der Waals surface area contributed by atoms with E-state index < -0.39 is 5.54 Å². The molecule has 0 saturated carbocycles. The Balaban J connectivity index is 2.38. The van der Waals surface area contributed by atoms with Crippen LogP contribution in [0.15, 0.2) is 0 Å². The standard InChI is InChI=1S/C12H21N3O/c1-4-7-15-8-5-10(6-9-15)14-12(2,3)11(13)16/h1,10,14H,5-9H2,2-3H3,(H2,13,16). The van der Waals surface area contributed by atoms with E-state index in [2.05, 4.69) is 16.1 Å². The molecule has 0 spiro atoms. The molecule has 0 bridgehead atoms. The van der Waals surface area contributed by atoms with Crippen LogP contribution in [0.1, 0.15) is 26.7 Å². The van der Waals surface area contributed by atoms with Crippen LogP contribution in [0.5, 0.6) is 0 Å². The van der Waals surface area contributed by atoms with E-state index in [1.54, 1.807) is 0 Å². The number of carbonyl (C=O) groups is 1. The van der Waals surface area contributed by atoms with E-state index in [9.17, 15) is 4.79 Å². The number of nitrogens with two attached hydrogens (primary N) is 1. The van der Waals surface area contributed by atoms with Gasteiger partial charge in [0.2, 0.25) is 5.91 Å². The molecule has 1 saturated heterocycles. The van der Waals surface area contributed by atoms with Gasteiger partial charge < -0.3 is 11.1 Å². The first-order valence-electron chi connectivity index (χ1n) is 5.69. The summed E-state index contributed by atoms with van der Waals surface area (Å²) in [6.45, 7) is 6.33. The highest BCUT2D eigenvalue weighted by atomic mass is 16.1. The molecular formula is C12H21N3O. The van der Waals surface area contributed by atoms with Gasteiger partial charge in [-0.25, -0.2) is 0 Å². The second-order valence-electron chi connectivity index (χ2n) is 4.89. The monoisotopic (exact) mass is 223 g/mol. The quantitative estimate of drug-likeness (QED) is 0.656. The van der Waals surface area contributed by atoms with Crippen LogP contribution in [0.4, 0.5) is 0 Å². The molecule has 4 nitrogen and oxygen atoms in total. The number of terminal acetylenes is 1. The highest BCUT2D eigenvalue weighted by Crippen LogP contribution is 2.13. The molecule has 3 N–H and O–H groups in total. The summed E-state index contributed by atoms with van der Waals surface area (Å²) in [7, 11) is 0. The number of likely N-dealkylation sites (tertiary alicyclic amines) is 1. The van der Waals surface area contributed by atoms with Crippen LogP contribution >= 0.6 is 0 Å². The van der Waals surface area contributed by atoms with Gasteiger partial charge in [-0.1, -0.05) is 5.92 Å². The molecule has 1 aliphatic heterocycles. The number of nitrogens with zero attached hydrogens (tertiary/aromatic N) is 1. The van der Waals surface area contributed by atoms with Gasteiger partial charge in [0, 0.05) is 19.1 Å². The SMILES string of the molecule is C#CCN1CCC(NC(C)(C)C(N)=O)CC1. The fraction of sp³-hybridized carbons (Fsp3) is 0.750. The Hall–Kier alpha value is -1.05. The number of amides is 1. The first-order valence-corrected chi connectivity index (χ1v) is 5.69. The summed E-state index contributed by atoms with van der Waals surface area (Å²) in [6, 6.07) is 0.358. The molecule has 0 aliphatic carbocycles. The Morgan fingerprint density at radius 1 is 1.56 bits per heavy atom. The Kier molecular flexibility index (Phi) is 4.34. The van der Waals surface area contributed by atoms with Crippen molar-refractivity contribution in [3.05, 3.63) is 0 Å². The molecule has 0 aromatic rings. The van der Waals surface area contributed by atoms with Crippen LogP contribution in [0.2, 0.25) is 0 Å². The molecule has 1 amide bonds. The highest BCUT2D eigenvalue weighted by molar-refractivity contribution is 5.83. The molecule has 16 heavy (non-hydrogen) atoms. The Morgan fingerprint density at radius 3 is 2.56 bits per heavy atom. The second-order valence-corrected chi connectivity index (χ2v) is 4.89. The smallest absolute Gasteiger partial charge is 0.237 e. The number of nitrogens with one attached hydrogen (secondary N) is 1. The van der Waals surface area contributed by atoms with Crippen LogP contribution in [-0.4, -0.2) is 42.0 Å². The van der Waals surface area contributed by atoms with Crippen molar-refractivity contribution in [1.82, 2.24) is 10.2 Å². The van der Waals surface area contributed by atoms with Crippen molar-refractivity contribution < 1.29 is 4.79 Å². The normalized spacial score (nSPS) is 19.3. The Bertz CT molecular complexity index is 285. The van der Waals surface area contributed by atoms with Crippen molar-refractivity contribution >= 4 is 5.91 Å². The summed E-state index contributed by atoms with van der Waals surface area (Å²) < 4.78 is 0. The maximum absolute atomic E-state index is 11.2. The summed E-state index contributed by atoms with van der Waals surface area (Å²) in [5.41, 5.74) is 4.70. The van der Waals surface area contributed by atoms with Crippen molar-refractivity contribution in [2.45, 2.75) is 38.3 Å². The van der Waals surface area contributed by atoms with E-state index in [4.69, 9.17) is 12.2 Å². The number of carbonyl (C=O) groups excluding carboxylic acids is 1. The van der Waals surface area contributed by atoms with Gasteiger partial charge in [-0.2, -0.15) is 0 Å². The maximum atomic E-state index is 11.2. The van der Waals surface area contributed by atoms with Gasteiger partial charge in [0.15, 0.2) is 0 Å². The van der Waals surface area contributed by atoms with Crippen molar-refractivity contribution in [3.63, 3.8) is 0 Å². The zero-order chi connectivity index (χ0) is 12.2. The summed E-state index contributed by atoms with van der Waals surface area (Å²) in [5, 5.41) is 3.30. The third kappa shape index (κ3) is 3.51. The fourth-order valence-corrected chi connectivity index (χ4v) is 1.95. The topological polar surface area (TPSA) is 58.4 Å². The minimum Gasteiger partial charge on any atom is -0.368 e. The summed E-state index contributed by atoms with van der Waals surface area (Å²) in [6.07, 6.45) is 7.29. The number of rotatable bonds is 4. The van der Waals surface area contributed by atoms with E-state index in [1.165, 1.54) is 0 Å². The Morgan fingerprint density at radius 2 is 2.12 bits per heavy atom. The molecule has 1 aliphatic rings. The average molecular weight is 223 g/mol. The molecule has 90 valence electrons. The lowest BCUT2D eigenvalue weighted by Gasteiger charge is -2.35. The molecule has 0 atom stereocenters. The van der Waals surface area contributed by atoms with Crippen LogP contribution in [0.3, 0.4) is 0 Å². The van der Waals surface area contributed by atoms with Crippen LogP contribution in [0.25, 0.3) is 0 Å². The summed E-state index contributed by atoms with van der Waals surface area (Å²) >= 11 is 0. The molecule has 4 heteroatoms. The third-order valence-corrected chi connectivity index (χ3v) is 3.08. The predicted molar refractivity (Wildman–Crippen MR) is 64.7 cm³/mol.